The zero-order chi connectivity index (χ0) is 17.0. The van der Waals surface area contributed by atoms with Crippen LogP contribution in [0.1, 0.15) is 51.9 Å². The van der Waals surface area contributed by atoms with Gasteiger partial charge in [0.2, 0.25) is 5.91 Å². The number of hydrogen-bond donors (Lipinski definition) is 3. The number of likely N-dealkylation sites (tertiary alicyclic amines) is 1. The highest BCUT2D eigenvalue weighted by Gasteiger charge is 2.42. The number of hydrogen-bond acceptors (Lipinski definition) is 4. The third kappa shape index (κ3) is 4.22. The van der Waals surface area contributed by atoms with Gasteiger partial charge in [-0.15, -0.1) is 0 Å². The van der Waals surface area contributed by atoms with Gasteiger partial charge in [0.15, 0.2) is 0 Å². The number of carbonyl (C=O) groups is 3. The quantitative estimate of drug-likeness (QED) is 0.646. The minimum absolute atomic E-state index is 0.0140. The SMILES string of the molecule is CCC[C@H](N[C@H]1CCC2CCC[C@H]2N(CC(=O)O)C1=O)C(=O)O. The highest BCUT2D eigenvalue weighted by atomic mass is 16.4. The Morgan fingerprint density at radius 1 is 1.26 bits per heavy atom. The van der Waals surface area contributed by atoms with E-state index in [2.05, 4.69) is 5.32 Å². The summed E-state index contributed by atoms with van der Waals surface area (Å²) in [6.07, 6.45) is 5.43. The Morgan fingerprint density at radius 2 is 2.00 bits per heavy atom. The van der Waals surface area contributed by atoms with Crippen LogP contribution in [0.25, 0.3) is 0 Å². The molecule has 1 heterocycles. The van der Waals surface area contributed by atoms with Gasteiger partial charge in [0.1, 0.15) is 12.6 Å². The lowest BCUT2D eigenvalue weighted by atomic mass is 9.97. The maximum Gasteiger partial charge on any atom is 0.323 e. The molecule has 2 fully saturated rings. The van der Waals surface area contributed by atoms with Crippen molar-refractivity contribution in [1.82, 2.24) is 10.2 Å². The van der Waals surface area contributed by atoms with E-state index >= 15 is 0 Å². The van der Waals surface area contributed by atoms with E-state index in [1.165, 1.54) is 4.90 Å². The predicted molar refractivity (Wildman–Crippen MR) is 83.0 cm³/mol. The molecule has 0 radical (unpaired) electrons. The molecule has 0 aromatic heterocycles. The summed E-state index contributed by atoms with van der Waals surface area (Å²) in [6.45, 7) is 1.59. The van der Waals surface area contributed by atoms with E-state index in [0.29, 0.717) is 25.2 Å². The van der Waals surface area contributed by atoms with Gasteiger partial charge in [-0.2, -0.15) is 0 Å². The molecule has 1 amide bonds. The topological polar surface area (TPSA) is 107 Å². The molecule has 4 atom stereocenters. The Bertz CT molecular complexity index is 467. The van der Waals surface area contributed by atoms with Gasteiger partial charge in [0.05, 0.1) is 6.04 Å². The van der Waals surface area contributed by atoms with E-state index < -0.39 is 24.0 Å². The zero-order valence-electron chi connectivity index (χ0n) is 13.5. The maximum absolute atomic E-state index is 12.8. The summed E-state index contributed by atoms with van der Waals surface area (Å²) >= 11 is 0. The van der Waals surface area contributed by atoms with Crippen molar-refractivity contribution < 1.29 is 24.6 Å². The van der Waals surface area contributed by atoms with Crippen molar-refractivity contribution in [1.29, 1.82) is 0 Å². The molecule has 1 aliphatic carbocycles. The normalized spacial score (nSPS) is 29.0. The van der Waals surface area contributed by atoms with Gasteiger partial charge >= 0.3 is 11.9 Å². The Hall–Kier alpha value is -1.63. The summed E-state index contributed by atoms with van der Waals surface area (Å²) in [5.74, 6) is -1.91. The number of carboxylic acid groups (broad SMARTS) is 2. The molecule has 2 aliphatic rings. The van der Waals surface area contributed by atoms with E-state index in [9.17, 15) is 19.5 Å². The van der Waals surface area contributed by atoms with Crippen molar-refractivity contribution >= 4 is 17.8 Å². The summed E-state index contributed by atoms with van der Waals surface area (Å²) in [6, 6.07) is -1.38. The number of nitrogens with one attached hydrogen (secondary N) is 1. The molecule has 1 aliphatic heterocycles. The smallest absolute Gasteiger partial charge is 0.323 e. The van der Waals surface area contributed by atoms with Crippen LogP contribution in [-0.4, -0.2) is 57.6 Å². The number of carboxylic acids is 2. The summed E-state index contributed by atoms with van der Waals surface area (Å²) in [4.78, 5) is 36.7. The average Bonchev–Trinajstić information content (AvgIpc) is 2.91. The molecule has 3 N–H and O–H groups in total. The minimum Gasteiger partial charge on any atom is -0.480 e. The fourth-order valence-corrected chi connectivity index (χ4v) is 3.94. The van der Waals surface area contributed by atoms with E-state index in [1.807, 2.05) is 6.92 Å². The number of amides is 1. The van der Waals surface area contributed by atoms with Crippen LogP contribution in [-0.2, 0) is 14.4 Å². The third-order valence-electron chi connectivity index (χ3n) is 5.01. The van der Waals surface area contributed by atoms with Crippen molar-refractivity contribution in [3.8, 4) is 0 Å². The van der Waals surface area contributed by atoms with Crippen LogP contribution in [0.15, 0.2) is 0 Å². The van der Waals surface area contributed by atoms with Crippen molar-refractivity contribution in [3.05, 3.63) is 0 Å². The first kappa shape index (κ1) is 17.7. The minimum atomic E-state index is -1.02. The molecule has 2 rings (SSSR count). The largest absolute Gasteiger partial charge is 0.480 e. The molecule has 0 spiro atoms. The highest BCUT2D eigenvalue weighted by Crippen LogP contribution is 2.36. The van der Waals surface area contributed by atoms with Crippen LogP contribution in [0.2, 0.25) is 0 Å². The maximum atomic E-state index is 12.8. The number of aliphatic carboxylic acids is 2. The lowest BCUT2D eigenvalue weighted by Gasteiger charge is -2.31. The Labute approximate surface area is 136 Å². The van der Waals surface area contributed by atoms with Gasteiger partial charge in [-0.3, -0.25) is 19.7 Å². The summed E-state index contributed by atoms with van der Waals surface area (Å²) in [5.41, 5.74) is 0. The molecule has 130 valence electrons. The Balaban J connectivity index is 2.15. The van der Waals surface area contributed by atoms with Gasteiger partial charge in [-0.25, -0.2) is 0 Å². The first-order valence-electron chi connectivity index (χ1n) is 8.45. The number of rotatable bonds is 7. The monoisotopic (exact) mass is 326 g/mol. The molecular formula is C16H26N2O5. The first-order chi connectivity index (χ1) is 10.9. The molecule has 0 aromatic rings. The van der Waals surface area contributed by atoms with Crippen LogP contribution in [0.5, 0.6) is 0 Å². The summed E-state index contributed by atoms with van der Waals surface area (Å²) < 4.78 is 0. The number of carbonyl (C=O) groups excluding carboxylic acids is 1. The van der Waals surface area contributed by atoms with Gasteiger partial charge in [-0.1, -0.05) is 19.8 Å². The first-order valence-corrected chi connectivity index (χ1v) is 8.45. The van der Waals surface area contributed by atoms with E-state index in [-0.39, 0.29) is 18.5 Å². The standard InChI is InChI=1S/C16H26N2O5/c1-2-4-12(16(22)23)17-11-8-7-10-5-3-6-13(10)18(15(11)21)9-14(19)20/h10-13,17H,2-9H2,1H3,(H,19,20)(H,22,23)/t10?,11-,12-,13+/m0/s1. The van der Waals surface area contributed by atoms with Gasteiger partial charge in [-0.05, 0) is 38.0 Å². The van der Waals surface area contributed by atoms with E-state index in [0.717, 1.165) is 25.7 Å². The Kier molecular flexibility index (Phi) is 5.98. The fraction of sp³-hybridized carbons (Fsp3) is 0.812. The lowest BCUT2D eigenvalue weighted by molar-refractivity contribution is -0.148. The lowest BCUT2D eigenvalue weighted by Crippen LogP contribution is -2.54. The summed E-state index contributed by atoms with van der Waals surface area (Å²) in [7, 11) is 0. The van der Waals surface area contributed by atoms with Crippen molar-refractivity contribution in [2.45, 2.75) is 70.0 Å². The third-order valence-corrected chi connectivity index (χ3v) is 5.01. The average molecular weight is 326 g/mol. The molecule has 1 saturated heterocycles. The molecule has 1 saturated carbocycles. The van der Waals surface area contributed by atoms with Crippen molar-refractivity contribution in [2.24, 2.45) is 5.92 Å². The zero-order valence-corrected chi connectivity index (χ0v) is 13.5. The van der Waals surface area contributed by atoms with Gasteiger partial charge in [0.25, 0.3) is 0 Å². The fourth-order valence-electron chi connectivity index (χ4n) is 3.94. The highest BCUT2D eigenvalue weighted by molar-refractivity contribution is 5.86. The second kappa shape index (κ2) is 7.77. The van der Waals surface area contributed by atoms with Crippen LogP contribution in [0, 0.1) is 5.92 Å². The molecular weight excluding hydrogens is 300 g/mol. The Morgan fingerprint density at radius 3 is 2.61 bits per heavy atom. The second-order valence-electron chi connectivity index (χ2n) is 6.59. The van der Waals surface area contributed by atoms with Crippen molar-refractivity contribution in [3.63, 3.8) is 0 Å². The van der Waals surface area contributed by atoms with E-state index in [4.69, 9.17) is 5.11 Å². The van der Waals surface area contributed by atoms with Gasteiger partial charge in [0, 0.05) is 6.04 Å². The summed E-state index contributed by atoms with van der Waals surface area (Å²) in [5, 5.41) is 21.4. The van der Waals surface area contributed by atoms with Crippen LogP contribution >= 0.6 is 0 Å². The second-order valence-corrected chi connectivity index (χ2v) is 6.59. The molecule has 23 heavy (non-hydrogen) atoms. The van der Waals surface area contributed by atoms with E-state index in [1.54, 1.807) is 0 Å². The molecule has 7 nitrogen and oxygen atoms in total. The number of nitrogens with zero attached hydrogens (tertiary/aromatic N) is 1. The molecule has 7 heteroatoms. The number of fused-ring (bicyclic) bond motifs is 1. The van der Waals surface area contributed by atoms with Crippen LogP contribution in [0.4, 0.5) is 0 Å². The van der Waals surface area contributed by atoms with Crippen LogP contribution < -0.4 is 5.32 Å². The molecule has 0 bridgehead atoms. The predicted octanol–water partition coefficient (Wildman–Crippen LogP) is 1.07. The molecule has 0 aromatic carbocycles. The van der Waals surface area contributed by atoms with Gasteiger partial charge < -0.3 is 15.1 Å². The van der Waals surface area contributed by atoms with Crippen molar-refractivity contribution in [2.75, 3.05) is 6.54 Å². The molecule has 1 unspecified atom stereocenters. The van der Waals surface area contributed by atoms with Crippen LogP contribution in [0.3, 0.4) is 0 Å².